The Bertz CT molecular complexity index is 643. The molecule has 2 aromatic heterocycles. The van der Waals surface area contributed by atoms with Crippen LogP contribution in [0.2, 0.25) is 0 Å². The summed E-state index contributed by atoms with van der Waals surface area (Å²) in [6, 6.07) is 3.73. The van der Waals surface area contributed by atoms with Crippen LogP contribution in [0.3, 0.4) is 0 Å². The van der Waals surface area contributed by atoms with Crippen molar-refractivity contribution in [3.8, 4) is 5.88 Å². The van der Waals surface area contributed by atoms with Crippen molar-refractivity contribution in [1.82, 2.24) is 14.5 Å². The van der Waals surface area contributed by atoms with Gasteiger partial charge >= 0.3 is 0 Å². The van der Waals surface area contributed by atoms with Gasteiger partial charge in [-0.1, -0.05) is 0 Å². The maximum absolute atomic E-state index is 6.08. The van der Waals surface area contributed by atoms with Gasteiger partial charge in [0.1, 0.15) is 11.3 Å². The quantitative estimate of drug-likeness (QED) is 0.817. The molecule has 2 atom stereocenters. The number of halogens is 1. The van der Waals surface area contributed by atoms with Gasteiger partial charge in [0.2, 0.25) is 5.88 Å². The molecule has 3 heterocycles. The second-order valence-electron chi connectivity index (χ2n) is 5.31. The molecule has 0 bridgehead atoms. The lowest BCUT2D eigenvalue weighted by molar-refractivity contribution is 0.0764. The van der Waals surface area contributed by atoms with E-state index < -0.39 is 0 Å². The minimum atomic E-state index is -0.182. The van der Waals surface area contributed by atoms with Crippen molar-refractivity contribution in [2.45, 2.75) is 37.8 Å². The molecule has 108 valence electrons. The predicted molar refractivity (Wildman–Crippen MR) is 77.3 cm³/mol. The summed E-state index contributed by atoms with van der Waals surface area (Å²) in [5.74, 6) is 1.75. The first-order chi connectivity index (χ1) is 9.60. The molecule has 0 aliphatic carbocycles. The fourth-order valence-electron chi connectivity index (χ4n) is 2.85. The highest BCUT2D eigenvalue weighted by Crippen LogP contribution is 2.37. The number of nitrogens with zero attached hydrogens (tertiary/aromatic N) is 3. The molecule has 20 heavy (non-hydrogen) atoms. The minimum absolute atomic E-state index is 0.0925. The van der Waals surface area contributed by atoms with E-state index in [-0.39, 0.29) is 11.6 Å². The first-order valence-electron chi connectivity index (χ1n) is 6.70. The van der Waals surface area contributed by atoms with Gasteiger partial charge in [0.25, 0.3) is 0 Å². The largest absolute Gasteiger partial charge is 0.481 e. The number of ether oxygens (including phenoxy) is 2. The third-order valence-corrected chi connectivity index (χ3v) is 4.48. The van der Waals surface area contributed by atoms with Crippen LogP contribution >= 0.6 is 11.6 Å². The van der Waals surface area contributed by atoms with E-state index in [1.165, 1.54) is 0 Å². The summed E-state index contributed by atoms with van der Waals surface area (Å²) in [7, 11) is 1.61. The van der Waals surface area contributed by atoms with Gasteiger partial charge in [-0.15, -0.1) is 11.6 Å². The molecule has 2 unspecified atom stereocenters. The highest BCUT2D eigenvalue weighted by Gasteiger charge is 2.41. The number of alkyl halides is 1. The van der Waals surface area contributed by atoms with E-state index in [1.807, 2.05) is 12.1 Å². The third-order valence-electron chi connectivity index (χ3n) is 4.24. The maximum atomic E-state index is 6.08. The van der Waals surface area contributed by atoms with Gasteiger partial charge in [0.15, 0.2) is 5.65 Å². The molecule has 1 fully saturated rings. The molecule has 3 rings (SSSR count). The molecule has 0 N–H and O–H groups in total. The topological polar surface area (TPSA) is 49.2 Å². The van der Waals surface area contributed by atoms with Crippen LogP contribution in [0.25, 0.3) is 11.2 Å². The van der Waals surface area contributed by atoms with Crippen molar-refractivity contribution in [3.05, 3.63) is 18.0 Å². The first kappa shape index (κ1) is 13.6. The molecular weight excluding hydrogens is 278 g/mol. The van der Waals surface area contributed by atoms with E-state index in [1.54, 1.807) is 7.11 Å². The Balaban J connectivity index is 2.26. The van der Waals surface area contributed by atoms with E-state index in [4.69, 9.17) is 21.1 Å². The van der Waals surface area contributed by atoms with Crippen LogP contribution in [0.4, 0.5) is 0 Å². The lowest BCUT2D eigenvalue weighted by Gasteiger charge is -2.31. The van der Waals surface area contributed by atoms with Crippen LogP contribution < -0.4 is 4.74 Å². The molecule has 0 aromatic carbocycles. The van der Waals surface area contributed by atoms with Crippen molar-refractivity contribution >= 4 is 22.8 Å². The number of methoxy groups -OCH3 is 1. The van der Waals surface area contributed by atoms with Gasteiger partial charge in [-0.2, -0.15) is 4.98 Å². The summed E-state index contributed by atoms with van der Waals surface area (Å²) in [5.41, 5.74) is 1.46. The Morgan fingerprint density at radius 2 is 2.30 bits per heavy atom. The average molecular weight is 296 g/mol. The van der Waals surface area contributed by atoms with E-state index in [0.717, 1.165) is 30.0 Å². The van der Waals surface area contributed by atoms with Gasteiger partial charge in [-0.05, 0) is 26.3 Å². The Hall–Kier alpha value is -1.33. The summed E-state index contributed by atoms with van der Waals surface area (Å²) in [6.07, 6.45) is 1.01. The van der Waals surface area contributed by atoms with Gasteiger partial charge in [0, 0.05) is 12.7 Å². The Labute approximate surface area is 122 Å². The van der Waals surface area contributed by atoms with E-state index in [9.17, 15) is 0 Å². The average Bonchev–Trinajstić information content (AvgIpc) is 2.99. The third kappa shape index (κ3) is 1.88. The molecular formula is C14H18ClN3O2. The maximum Gasteiger partial charge on any atom is 0.215 e. The Kier molecular flexibility index (Phi) is 3.34. The van der Waals surface area contributed by atoms with Crippen molar-refractivity contribution < 1.29 is 9.47 Å². The normalized spacial score (nSPS) is 26.3. The predicted octanol–water partition coefficient (Wildman–Crippen LogP) is 2.70. The van der Waals surface area contributed by atoms with E-state index in [0.29, 0.717) is 11.8 Å². The minimum Gasteiger partial charge on any atom is -0.481 e. The van der Waals surface area contributed by atoms with Crippen LogP contribution in [0.5, 0.6) is 5.88 Å². The SMILES string of the molecule is COc1ccc2nc(CCl)n(C3(C)CCOC3C)c2n1. The number of fused-ring (bicyclic) bond motifs is 1. The second kappa shape index (κ2) is 4.90. The van der Waals surface area contributed by atoms with Crippen LogP contribution in [-0.4, -0.2) is 34.4 Å². The fraction of sp³-hybridized carbons (Fsp3) is 0.571. The first-order valence-corrected chi connectivity index (χ1v) is 7.24. The Morgan fingerprint density at radius 1 is 1.50 bits per heavy atom. The summed E-state index contributed by atoms with van der Waals surface area (Å²) in [6.45, 7) is 4.99. The molecule has 5 nitrogen and oxygen atoms in total. The zero-order valence-electron chi connectivity index (χ0n) is 11.9. The second-order valence-corrected chi connectivity index (χ2v) is 5.58. The van der Waals surface area contributed by atoms with E-state index in [2.05, 4.69) is 28.4 Å². The standard InChI is InChI=1S/C14H18ClN3O2/c1-9-14(2,6-7-20-9)18-11(8-15)16-10-4-5-12(19-3)17-13(10)18/h4-5,9H,6-8H2,1-3H3. The zero-order valence-corrected chi connectivity index (χ0v) is 12.6. The molecule has 0 radical (unpaired) electrons. The summed E-state index contributed by atoms with van der Waals surface area (Å²) in [4.78, 5) is 9.14. The number of rotatable bonds is 3. The highest BCUT2D eigenvalue weighted by molar-refractivity contribution is 6.16. The molecule has 1 saturated heterocycles. The van der Waals surface area contributed by atoms with Gasteiger partial charge < -0.3 is 14.0 Å². The van der Waals surface area contributed by atoms with Crippen LogP contribution in [0.1, 0.15) is 26.1 Å². The lowest BCUT2D eigenvalue weighted by Crippen LogP contribution is -2.38. The highest BCUT2D eigenvalue weighted by atomic mass is 35.5. The van der Waals surface area contributed by atoms with E-state index >= 15 is 0 Å². The molecule has 6 heteroatoms. The van der Waals surface area contributed by atoms with Gasteiger partial charge in [-0.3, -0.25) is 0 Å². The Morgan fingerprint density at radius 3 is 2.90 bits per heavy atom. The molecule has 1 aliphatic rings. The molecule has 0 saturated carbocycles. The fourth-order valence-corrected chi connectivity index (χ4v) is 3.02. The number of aromatic nitrogens is 3. The van der Waals surface area contributed by atoms with Crippen LogP contribution in [-0.2, 0) is 16.2 Å². The van der Waals surface area contributed by atoms with Crippen molar-refractivity contribution in [3.63, 3.8) is 0 Å². The van der Waals surface area contributed by atoms with Crippen molar-refractivity contribution in [2.75, 3.05) is 13.7 Å². The zero-order chi connectivity index (χ0) is 14.3. The molecule has 2 aromatic rings. The summed E-state index contributed by atoms with van der Waals surface area (Å²) < 4.78 is 13.1. The van der Waals surface area contributed by atoms with Crippen LogP contribution in [0.15, 0.2) is 12.1 Å². The number of imidazole rings is 1. The summed E-state index contributed by atoms with van der Waals surface area (Å²) >= 11 is 6.08. The number of pyridine rings is 1. The van der Waals surface area contributed by atoms with Crippen LogP contribution in [0, 0.1) is 0 Å². The molecule has 0 spiro atoms. The van der Waals surface area contributed by atoms with Crippen molar-refractivity contribution in [2.24, 2.45) is 0 Å². The number of hydrogen-bond acceptors (Lipinski definition) is 4. The summed E-state index contributed by atoms with van der Waals surface area (Å²) in [5, 5.41) is 0. The van der Waals surface area contributed by atoms with Gasteiger partial charge in [0.05, 0.1) is 24.6 Å². The molecule has 1 aliphatic heterocycles. The van der Waals surface area contributed by atoms with Gasteiger partial charge in [-0.25, -0.2) is 4.98 Å². The monoisotopic (exact) mass is 295 g/mol. The number of hydrogen-bond donors (Lipinski definition) is 0. The lowest BCUT2D eigenvalue weighted by atomic mass is 9.94. The molecule has 0 amide bonds. The smallest absolute Gasteiger partial charge is 0.215 e. The van der Waals surface area contributed by atoms with Crippen molar-refractivity contribution in [1.29, 1.82) is 0 Å².